The summed E-state index contributed by atoms with van der Waals surface area (Å²) in [6, 6.07) is 5.12. The molecule has 0 aromatic heterocycles. The Kier molecular flexibility index (Phi) is 7.87. The zero-order valence-electron chi connectivity index (χ0n) is 22.3. The summed E-state index contributed by atoms with van der Waals surface area (Å²) in [6.45, 7) is 19.2. The Morgan fingerprint density at radius 3 is 2.26 bits per heavy atom. The first-order valence-corrected chi connectivity index (χ1v) is 16.7. The molecule has 0 saturated carbocycles. The van der Waals surface area contributed by atoms with Gasteiger partial charge in [0.1, 0.15) is 8.24 Å². The second kappa shape index (κ2) is 9.61. The first-order valence-electron chi connectivity index (χ1n) is 12.2. The van der Waals surface area contributed by atoms with Crippen molar-refractivity contribution in [3.63, 3.8) is 0 Å². The smallest absolute Gasteiger partial charge is 0.399 e. The van der Waals surface area contributed by atoms with Gasteiger partial charge < -0.3 is 18.8 Å². The minimum Gasteiger partial charge on any atom is -0.399 e. The number of hydrogen-bond acceptors (Lipinski definition) is 6. The number of rotatable bonds is 7. The number of hydrogen-bond donors (Lipinski definition) is 1. The van der Waals surface area contributed by atoms with Crippen molar-refractivity contribution in [3.05, 3.63) is 23.8 Å². The average molecular weight is 512 g/mol. The molecule has 192 valence electrons. The maximum atomic E-state index is 13.4. The van der Waals surface area contributed by atoms with Gasteiger partial charge in [-0.1, -0.05) is 39.9 Å². The lowest BCUT2D eigenvalue weighted by Gasteiger charge is -2.36. The van der Waals surface area contributed by atoms with Crippen molar-refractivity contribution < 1.29 is 27.2 Å². The van der Waals surface area contributed by atoms with Crippen LogP contribution in [0.1, 0.15) is 73.3 Å². The third kappa shape index (κ3) is 5.96. The highest BCUT2D eigenvalue weighted by Crippen LogP contribution is 2.37. The van der Waals surface area contributed by atoms with Crippen LogP contribution in [0.2, 0.25) is 18.1 Å². The second-order valence-corrected chi connectivity index (χ2v) is 19.1. The predicted molar refractivity (Wildman–Crippen MR) is 138 cm³/mol. The summed E-state index contributed by atoms with van der Waals surface area (Å²) in [5.74, 6) is 0. The summed E-state index contributed by atoms with van der Waals surface area (Å²) in [5, 5.41) is -0.132. The summed E-state index contributed by atoms with van der Waals surface area (Å²) in [5.41, 5.74) is 0.500. The summed E-state index contributed by atoms with van der Waals surface area (Å²) in [7, 11) is -6.62. The van der Waals surface area contributed by atoms with Gasteiger partial charge in [0.2, 0.25) is 10.0 Å². The monoisotopic (exact) mass is 511 g/mol. The molecule has 0 bridgehead atoms. The van der Waals surface area contributed by atoms with Crippen LogP contribution in [0.5, 0.6) is 0 Å². The van der Waals surface area contributed by atoms with Gasteiger partial charge in [-0.25, -0.2) is 12.8 Å². The Balaban J connectivity index is 1.94. The van der Waals surface area contributed by atoms with E-state index in [-0.39, 0.29) is 22.8 Å². The normalized spacial score (nSPS) is 23.3. The lowest BCUT2D eigenvalue weighted by molar-refractivity contribution is -0.168. The molecule has 2 aliphatic rings. The quantitative estimate of drug-likeness (QED) is 0.550. The zero-order chi connectivity index (χ0) is 25.6. The SMILES string of the molecule is CC1(C)OB(c2ccc(S(=O)(=O)N[Si](C)(C)C(C)(C)C)cc2COC2CCCCO2)OC1(C)C. The third-order valence-corrected chi connectivity index (χ3v) is 15.5. The molecule has 1 aromatic rings. The van der Waals surface area contributed by atoms with Gasteiger partial charge in [0.05, 0.1) is 22.7 Å². The van der Waals surface area contributed by atoms with E-state index >= 15 is 0 Å². The van der Waals surface area contributed by atoms with E-state index in [1.807, 2.05) is 40.8 Å². The van der Waals surface area contributed by atoms with Gasteiger partial charge in [-0.15, -0.1) is 0 Å². The molecule has 1 atom stereocenters. The second-order valence-electron chi connectivity index (χ2n) is 12.0. The van der Waals surface area contributed by atoms with E-state index in [4.69, 9.17) is 18.8 Å². The topological polar surface area (TPSA) is 83.1 Å². The van der Waals surface area contributed by atoms with Gasteiger partial charge in [-0.3, -0.25) is 0 Å². The van der Waals surface area contributed by atoms with E-state index in [2.05, 4.69) is 25.2 Å². The molecule has 0 radical (unpaired) electrons. The fourth-order valence-corrected chi connectivity index (χ4v) is 8.58. The van der Waals surface area contributed by atoms with E-state index in [0.717, 1.165) is 30.3 Å². The van der Waals surface area contributed by atoms with E-state index in [0.29, 0.717) is 6.61 Å². The molecule has 2 aliphatic heterocycles. The van der Waals surface area contributed by atoms with Crippen LogP contribution < -0.4 is 9.85 Å². The molecule has 0 spiro atoms. The molecule has 34 heavy (non-hydrogen) atoms. The van der Waals surface area contributed by atoms with Crippen LogP contribution in [0.25, 0.3) is 0 Å². The number of benzene rings is 1. The van der Waals surface area contributed by atoms with Gasteiger partial charge >= 0.3 is 7.12 Å². The maximum Gasteiger partial charge on any atom is 0.495 e. The van der Waals surface area contributed by atoms with Crippen LogP contribution in [0.3, 0.4) is 0 Å². The Bertz CT molecular complexity index is 968. The van der Waals surface area contributed by atoms with Gasteiger partial charge in [0.15, 0.2) is 6.29 Å². The summed E-state index contributed by atoms with van der Waals surface area (Å²) in [6.07, 6.45) is 2.63. The molecular weight excluding hydrogens is 469 g/mol. The van der Waals surface area contributed by atoms with Crippen LogP contribution in [-0.2, 0) is 35.4 Å². The van der Waals surface area contributed by atoms with E-state index in [1.54, 1.807) is 18.2 Å². The Morgan fingerprint density at radius 2 is 1.74 bits per heavy atom. The van der Waals surface area contributed by atoms with Crippen molar-refractivity contribution in [1.82, 2.24) is 4.39 Å². The van der Waals surface area contributed by atoms with Crippen LogP contribution in [0, 0.1) is 0 Å². The molecular formula is C24H42BNO6SSi. The minimum absolute atomic E-state index is 0.132. The van der Waals surface area contributed by atoms with Crippen molar-refractivity contribution in [2.45, 2.75) is 115 Å². The molecule has 10 heteroatoms. The largest absolute Gasteiger partial charge is 0.495 e. The van der Waals surface area contributed by atoms with Crippen LogP contribution in [0.4, 0.5) is 0 Å². The summed E-state index contributed by atoms with van der Waals surface area (Å²) >= 11 is 0. The third-order valence-electron chi connectivity index (χ3n) is 7.76. The van der Waals surface area contributed by atoms with Crippen LogP contribution >= 0.6 is 0 Å². The molecule has 0 amide bonds. The van der Waals surface area contributed by atoms with E-state index in [1.165, 1.54) is 0 Å². The molecule has 2 fully saturated rings. The molecule has 3 rings (SSSR count). The minimum atomic E-state index is -3.71. The number of sulfonamides is 1. The highest BCUT2D eigenvalue weighted by atomic mass is 32.2. The molecule has 1 N–H and O–H groups in total. The van der Waals surface area contributed by atoms with Crippen molar-refractivity contribution >= 4 is 30.8 Å². The lowest BCUT2D eigenvalue weighted by atomic mass is 9.76. The van der Waals surface area contributed by atoms with Crippen LogP contribution in [-0.4, -0.2) is 47.9 Å². The van der Waals surface area contributed by atoms with Gasteiger partial charge in [0.25, 0.3) is 0 Å². The highest BCUT2D eigenvalue weighted by Gasteiger charge is 2.52. The summed E-state index contributed by atoms with van der Waals surface area (Å²) in [4.78, 5) is 0.223. The molecule has 1 aromatic carbocycles. The Hall–Kier alpha value is -0.748. The first kappa shape index (κ1) is 27.8. The fraction of sp³-hybridized carbons (Fsp3) is 0.750. The number of nitrogens with one attached hydrogen (secondary N) is 1. The highest BCUT2D eigenvalue weighted by molar-refractivity contribution is 7.91. The molecule has 2 heterocycles. The zero-order valence-corrected chi connectivity index (χ0v) is 24.1. The van der Waals surface area contributed by atoms with Crippen molar-refractivity contribution in [2.24, 2.45) is 0 Å². The average Bonchev–Trinajstić information content (AvgIpc) is 2.92. The van der Waals surface area contributed by atoms with E-state index < -0.39 is 36.6 Å². The Morgan fingerprint density at radius 1 is 1.12 bits per heavy atom. The van der Waals surface area contributed by atoms with Crippen molar-refractivity contribution in [2.75, 3.05) is 6.61 Å². The van der Waals surface area contributed by atoms with Crippen molar-refractivity contribution in [3.8, 4) is 0 Å². The van der Waals surface area contributed by atoms with Gasteiger partial charge in [-0.05, 0) is 75.2 Å². The number of ether oxygens (including phenoxy) is 2. The summed E-state index contributed by atoms with van der Waals surface area (Å²) < 4.78 is 54.1. The molecule has 1 unspecified atom stereocenters. The van der Waals surface area contributed by atoms with Crippen molar-refractivity contribution in [1.29, 1.82) is 0 Å². The predicted octanol–water partition coefficient (Wildman–Crippen LogP) is 4.31. The molecule has 7 nitrogen and oxygen atoms in total. The molecule has 0 aliphatic carbocycles. The van der Waals surface area contributed by atoms with Crippen LogP contribution in [0.15, 0.2) is 23.1 Å². The van der Waals surface area contributed by atoms with Gasteiger partial charge in [0, 0.05) is 6.61 Å². The standard InChI is InChI=1S/C24H42BNO6SSi/c1-22(2,3)34(8,9)26-33(27,28)19-13-14-20(25-31-23(4,5)24(6,7)32-25)18(16-19)17-30-21-12-10-11-15-29-21/h13-14,16,21,26H,10-12,15,17H2,1-9H3. The maximum absolute atomic E-state index is 13.4. The Labute approximate surface area is 207 Å². The lowest BCUT2D eigenvalue weighted by Crippen LogP contribution is -2.54. The van der Waals surface area contributed by atoms with E-state index in [9.17, 15) is 8.42 Å². The molecule has 2 saturated heterocycles. The van der Waals surface area contributed by atoms with Gasteiger partial charge in [-0.2, -0.15) is 0 Å². The fourth-order valence-electron chi connectivity index (χ4n) is 3.65. The first-order chi connectivity index (χ1) is 15.5.